The Morgan fingerprint density at radius 1 is 1.12 bits per heavy atom. The zero-order chi connectivity index (χ0) is 11.7. The average molecular weight is 231 g/mol. The quantitative estimate of drug-likeness (QED) is 0.752. The van der Waals surface area contributed by atoms with Crippen LogP contribution in [0.15, 0.2) is 12.1 Å². The Labute approximate surface area is 91.2 Å². The van der Waals surface area contributed by atoms with E-state index < -0.39 is 23.6 Å². The maximum atomic E-state index is 13.4. The molecule has 0 amide bonds. The van der Waals surface area contributed by atoms with Gasteiger partial charge in [0.15, 0.2) is 11.6 Å². The highest BCUT2D eigenvalue weighted by Gasteiger charge is 2.27. The van der Waals surface area contributed by atoms with Crippen LogP contribution >= 0.6 is 0 Å². The van der Waals surface area contributed by atoms with Crippen molar-refractivity contribution in [2.75, 3.05) is 6.61 Å². The predicted molar refractivity (Wildman–Crippen MR) is 52.2 cm³/mol. The molecule has 16 heavy (non-hydrogen) atoms. The van der Waals surface area contributed by atoms with Crippen molar-refractivity contribution >= 4 is 0 Å². The summed E-state index contributed by atoms with van der Waals surface area (Å²) in [7, 11) is 0. The van der Waals surface area contributed by atoms with Crippen molar-refractivity contribution in [1.82, 2.24) is 0 Å². The highest BCUT2D eigenvalue weighted by molar-refractivity contribution is 5.24. The molecular formula is C11H12F3NO. The fourth-order valence-electron chi connectivity index (χ4n) is 1.88. The predicted octanol–water partition coefficient (Wildman–Crippen LogP) is 2.28. The molecule has 1 aromatic rings. The standard InChI is InChI=1S/C11H12F3NO/c12-7-5-9(14)8(13)4-6(7)11-10(15)2-1-3-16-11/h4-5,10-11H,1-3,15H2/t10?,11-/m1/s1. The van der Waals surface area contributed by atoms with E-state index in [0.29, 0.717) is 19.1 Å². The number of ether oxygens (including phenoxy) is 1. The van der Waals surface area contributed by atoms with Crippen LogP contribution in [0.3, 0.4) is 0 Å². The van der Waals surface area contributed by atoms with E-state index in [4.69, 9.17) is 10.5 Å². The highest BCUT2D eigenvalue weighted by Crippen LogP contribution is 2.30. The molecule has 1 fully saturated rings. The van der Waals surface area contributed by atoms with E-state index >= 15 is 0 Å². The van der Waals surface area contributed by atoms with E-state index in [1.54, 1.807) is 0 Å². The van der Waals surface area contributed by atoms with Gasteiger partial charge in [0.25, 0.3) is 0 Å². The molecule has 2 rings (SSSR count). The molecule has 1 heterocycles. The summed E-state index contributed by atoms with van der Waals surface area (Å²) in [6.07, 6.45) is 0.787. The van der Waals surface area contributed by atoms with E-state index in [1.165, 1.54) is 0 Å². The van der Waals surface area contributed by atoms with Crippen LogP contribution in [-0.2, 0) is 4.74 Å². The molecule has 1 aliphatic heterocycles. The van der Waals surface area contributed by atoms with Crippen molar-refractivity contribution in [2.45, 2.75) is 25.0 Å². The Kier molecular flexibility index (Phi) is 3.16. The van der Waals surface area contributed by atoms with E-state index in [0.717, 1.165) is 12.5 Å². The summed E-state index contributed by atoms with van der Waals surface area (Å²) in [4.78, 5) is 0. The Bertz CT molecular complexity index is 397. The number of nitrogens with two attached hydrogens (primary N) is 1. The third kappa shape index (κ3) is 2.05. The molecular weight excluding hydrogens is 219 g/mol. The van der Waals surface area contributed by atoms with E-state index in [1.807, 2.05) is 0 Å². The van der Waals surface area contributed by atoms with Gasteiger partial charge in [0.05, 0.1) is 0 Å². The van der Waals surface area contributed by atoms with Crippen molar-refractivity contribution in [1.29, 1.82) is 0 Å². The van der Waals surface area contributed by atoms with Crippen molar-refractivity contribution in [3.8, 4) is 0 Å². The summed E-state index contributed by atoms with van der Waals surface area (Å²) in [5.41, 5.74) is 5.75. The topological polar surface area (TPSA) is 35.2 Å². The van der Waals surface area contributed by atoms with E-state index in [2.05, 4.69) is 0 Å². The van der Waals surface area contributed by atoms with Gasteiger partial charge < -0.3 is 10.5 Å². The number of halogens is 3. The molecule has 1 aromatic carbocycles. The van der Waals surface area contributed by atoms with Crippen LogP contribution in [0.4, 0.5) is 13.2 Å². The monoisotopic (exact) mass is 231 g/mol. The molecule has 5 heteroatoms. The van der Waals surface area contributed by atoms with Gasteiger partial charge in [-0.15, -0.1) is 0 Å². The van der Waals surface area contributed by atoms with Crippen LogP contribution in [0.25, 0.3) is 0 Å². The van der Waals surface area contributed by atoms with Gasteiger partial charge in [-0.05, 0) is 18.9 Å². The molecule has 0 bridgehead atoms. The first kappa shape index (κ1) is 11.4. The lowest BCUT2D eigenvalue weighted by Crippen LogP contribution is -2.35. The second kappa shape index (κ2) is 4.43. The normalized spacial score (nSPS) is 25.8. The first-order valence-corrected chi connectivity index (χ1v) is 5.11. The lowest BCUT2D eigenvalue weighted by Gasteiger charge is -2.29. The fourth-order valence-corrected chi connectivity index (χ4v) is 1.88. The fraction of sp³-hybridized carbons (Fsp3) is 0.455. The molecule has 0 aliphatic carbocycles. The number of rotatable bonds is 1. The molecule has 2 atom stereocenters. The molecule has 0 saturated carbocycles. The second-order valence-corrected chi connectivity index (χ2v) is 3.89. The van der Waals surface area contributed by atoms with E-state index in [-0.39, 0.29) is 11.6 Å². The highest BCUT2D eigenvalue weighted by atomic mass is 19.2. The van der Waals surface area contributed by atoms with Gasteiger partial charge in [-0.25, -0.2) is 13.2 Å². The van der Waals surface area contributed by atoms with Crippen molar-refractivity contribution in [3.63, 3.8) is 0 Å². The van der Waals surface area contributed by atoms with Gasteiger partial charge >= 0.3 is 0 Å². The minimum atomic E-state index is -1.20. The van der Waals surface area contributed by atoms with Crippen LogP contribution in [0.1, 0.15) is 24.5 Å². The third-order valence-corrected chi connectivity index (χ3v) is 2.71. The number of hydrogen-bond acceptors (Lipinski definition) is 2. The van der Waals surface area contributed by atoms with Gasteiger partial charge in [0.1, 0.15) is 11.9 Å². The van der Waals surface area contributed by atoms with Crippen LogP contribution in [0.5, 0.6) is 0 Å². The van der Waals surface area contributed by atoms with Gasteiger partial charge in [-0.2, -0.15) is 0 Å². The summed E-state index contributed by atoms with van der Waals surface area (Å²) in [5, 5.41) is 0. The smallest absolute Gasteiger partial charge is 0.161 e. The molecule has 0 spiro atoms. The molecule has 0 radical (unpaired) electrons. The number of benzene rings is 1. The maximum absolute atomic E-state index is 13.4. The number of hydrogen-bond donors (Lipinski definition) is 1. The Morgan fingerprint density at radius 3 is 2.50 bits per heavy atom. The van der Waals surface area contributed by atoms with E-state index in [9.17, 15) is 13.2 Å². The second-order valence-electron chi connectivity index (χ2n) is 3.89. The molecule has 1 unspecified atom stereocenters. The van der Waals surface area contributed by atoms with Crippen LogP contribution < -0.4 is 5.73 Å². The molecule has 0 aromatic heterocycles. The summed E-state index contributed by atoms with van der Waals surface area (Å²) in [6.45, 7) is 0.455. The SMILES string of the molecule is NC1CCCO[C@@H]1c1cc(F)c(F)cc1F. The zero-order valence-corrected chi connectivity index (χ0v) is 8.55. The average Bonchev–Trinajstić information content (AvgIpc) is 2.25. The van der Waals surface area contributed by atoms with Gasteiger partial charge in [0.2, 0.25) is 0 Å². The minimum Gasteiger partial charge on any atom is -0.372 e. The maximum Gasteiger partial charge on any atom is 0.161 e. The summed E-state index contributed by atoms with van der Waals surface area (Å²) in [6, 6.07) is 0.962. The van der Waals surface area contributed by atoms with Crippen LogP contribution in [0, 0.1) is 17.5 Å². The van der Waals surface area contributed by atoms with Crippen molar-refractivity contribution in [2.24, 2.45) is 5.73 Å². The molecule has 1 saturated heterocycles. The van der Waals surface area contributed by atoms with Crippen molar-refractivity contribution in [3.05, 3.63) is 35.1 Å². The van der Waals surface area contributed by atoms with Gasteiger partial charge in [-0.1, -0.05) is 0 Å². The summed E-state index contributed by atoms with van der Waals surface area (Å²) < 4.78 is 44.5. The molecule has 2 N–H and O–H groups in total. The first-order chi connectivity index (χ1) is 7.59. The minimum absolute atomic E-state index is 0.00824. The molecule has 1 aliphatic rings. The zero-order valence-electron chi connectivity index (χ0n) is 8.55. The van der Waals surface area contributed by atoms with Crippen molar-refractivity contribution < 1.29 is 17.9 Å². The Morgan fingerprint density at radius 2 is 1.81 bits per heavy atom. The van der Waals surface area contributed by atoms with Crippen LogP contribution in [-0.4, -0.2) is 12.6 Å². The molecule has 88 valence electrons. The lowest BCUT2D eigenvalue weighted by atomic mass is 9.96. The van der Waals surface area contributed by atoms with Gasteiger partial charge in [0, 0.05) is 24.3 Å². The lowest BCUT2D eigenvalue weighted by molar-refractivity contribution is -0.00215. The summed E-state index contributed by atoms with van der Waals surface area (Å²) >= 11 is 0. The Hall–Kier alpha value is -1.07. The van der Waals surface area contributed by atoms with Crippen LogP contribution in [0.2, 0.25) is 0 Å². The third-order valence-electron chi connectivity index (χ3n) is 2.71. The summed E-state index contributed by atoms with van der Waals surface area (Å²) in [5.74, 6) is -3.11. The van der Waals surface area contributed by atoms with Gasteiger partial charge in [-0.3, -0.25) is 0 Å². The first-order valence-electron chi connectivity index (χ1n) is 5.11. The largest absolute Gasteiger partial charge is 0.372 e. The molecule has 2 nitrogen and oxygen atoms in total. The Balaban J connectivity index is 2.35.